The SMILES string of the molecule is CC1CC[C@@](C(=O)O)(C(C)(C)C)CC1C. The van der Waals surface area contributed by atoms with E-state index in [9.17, 15) is 9.90 Å². The third kappa shape index (κ3) is 2.04. The van der Waals surface area contributed by atoms with E-state index in [1.807, 2.05) is 0 Å². The summed E-state index contributed by atoms with van der Waals surface area (Å²) < 4.78 is 0. The lowest BCUT2D eigenvalue weighted by Gasteiger charge is -2.47. The van der Waals surface area contributed by atoms with Gasteiger partial charge >= 0.3 is 5.97 Å². The Bertz CT molecular complexity index is 252. The van der Waals surface area contributed by atoms with Crippen molar-refractivity contribution in [2.75, 3.05) is 0 Å². The Balaban J connectivity index is 3.00. The van der Waals surface area contributed by atoms with Crippen molar-refractivity contribution in [3.8, 4) is 0 Å². The van der Waals surface area contributed by atoms with Crippen LogP contribution >= 0.6 is 0 Å². The van der Waals surface area contributed by atoms with Crippen LogP contribution in [0.2, 0.25) is 0 Å². The van der Waals surface area contributed by atoms with Gasteiger partial charge in [0.1, 0.15) is 0 Å². The molecular weight excluding hydrogens is 188 g/mol. The molecule has 0 bridgehead atoms. The lowest BCUT2D eigenvalue weighted by Crippen LogP contribution is -2.47. The molecule has 2 unspecified atom stereocenters. The fourth-order valence-electron chi connectivity index (χ4n) is 2.81. The smallest absolute Gasteiger partial charge is 0.310 e. The molecule has 2 heteroatoms. The summed E-state index contributed by atoms with van der Waals surface area (Å²) in [6, 6.07) is 0. The van der Waals surface area contributed by atoms with Gasteiger partial charge < -0.3 is 5.11 Å². The summed E-state index contributed by atoms with van der Waals surface area (Å²) in [6.07, 6.45) is 2.70. The van der Waals surface area contributed by atoms with E-state index in [2.05, 4.69) is 34.6 Å². The van der Waals surface area contributed by atoms with Crippen LogP contribution in [0.3, 0.4) is 0 Å². The number of rotatable bonds is 1. The maximum Gasteiger partial charge on any atom is 0.310 e. The zero-order chi connectivity index (χ0) is 11.9. The third-order valence-corrected chi connectivity index (χ3v) is 4.51. The first-order chi connectivity index (χ1) is 6.71. The van der Waals surface area contributed by atoms with E-state index in [-0.39, 0.29) is 5.41 Å². The largest absolute Gasteiger partial charge is 0.481 e. The first kappa shape index (κ1) is 12.5. The molecule has 88 valence electrons. The lowest BCUT2D eigenvalue weighted by molar-refractivity contribution is -0.162. The molecule has 0 aromatic heterocycles. The topological polar surface area (TPSA) is 37.3 Å². The Morgan fingerprint density at radius 1 is 1.27 bits per heavy atom. The molecule has 0 heterocycles. The van der Waals surface area contributed by atoms with E-state index in [4.69, 9.17) is 0 Å². The summed E-state index contributed by atoms with van der Waals surface area (Å²) in [5.74, 6) is 0.586. The van der Waals surface area contributed by atoms with Crippen LogP contribution in [0.25, 0.3) is 0 Å². The second-order valence-corrected chi connectivity index (χ2v) is 6.33. The summed E-state index contributed by atoms with van der Waals surface area (Å²) in [4.78, 5) is 11.6. The van der Waals surface area contributed by atoms with Gasteiger partial charge in [0.15, 0.2) is 0 Å². The predicted octanol–water partition coefficient (Wildman–Crippen LogP) is 3.56. The summed E-state index contributed by atoms with van der Waals surface area (Å²) in [5.41, 5.74) is -0.661. The Labute approximate surface area is 93.1 Å². The molecule has 15 heavy (non-hydrogen) atoms. The van der Waals surface area contributed by atoms with E-state index < -0.39 is 11.4 Å². The number of carbonyl (C=O) groups is 1. The van der Waals surface area contributed by atoms with Crippen molar-refractivity contribution in [2.24, 2.45) is 22.7 Å². The molecule has 0 aromatic carbocycles. The highest BCUT2D eigenvalue weighted by molar-refractivity contribution is 5.75. The Morgan fingerprint density at radius 3 is 2.13 bits per heavy atom. The molecule has 1 rings (SSSR count). The number of hydrogen-bond donors (Lipinski definition) is 1. The van der Waals surface area contributed by atoms with Crippen LogP contribution < -0.4 is 0 Å². The Hall–Kier alpha value is -0.530. The van der Waals surface area contributed by atoms with E-state index in [0.29, 0.717) is 11.8 Å². The van der Waals surface area contributed by atoms with Crippen LogP contribution in [0.5, 0.6) is 0 Å². The maximum atomic E-state index is 11.6. The van der Waals surface area contributed by atoms with Gasteiger partial charge in [0.25, 0.3) is 0 Å². The fourth-order valence-corrected chi connectivity index (χ4v) is 2.81. The minimum atomic E-state index is -0.603. The molecule has 0 saturated heterocycles. The Kier molecular flexibility index (Phi) is 3.18. The molecule has 1 aliphatic carbocycles. The molecule has 3 atom stereocenters. The lowest BCUT2D eigenvalue weighted by atomic mass is 9.55. The molecule has 1 N–H and O–H groups in total. The molecular formula is C13H24O2. The minimum absolute atomic E-state index is 0.146. The van der Waals surface area contributed by atoms with Gasteiger partial charge in [-0.25, -0.2) is 0 Å². The van der Waals surface area contributed by atoms with E-state index in [0.717, 1.165) is 19.3 Å². The van der Waals surface area contributed by atoms with E-state index >= 15 is 0 Å². The zero-order valence-corrected chi connectivity index (χ0v) is 10.6. The number of hydrogen-bond acceptors (Lipinski definition) is 1. The molecule has 0 spiro atoms. The minimum Gasteiger partial charge on any atom is -0.481 e. The van der Waals surface area contributed by atoms with Crippen LogP contribution in [0, 0.1) is 22.7 Å². The third-order valence-electron chi connectivity index (χ3n) is 4.51. The predicted molar refractivity (Wildman–Crippen MR) is 61.7 cm³/mol. The highest BCUT2D eigenvalue weighted by atomic mass is 16.4. The quantitative estimate of drug-likeness (QED) is 0.721. The highest BCUT2D eigenvalue weighted by Crippen LogP contribution is 2.52. The van der Waals surface area contributed by atoms with Crippen LogP contribution in [0.1, 0.15) is 53.9 Å². The number of aliphatic carboxylic acids is 1. The first-order valence-electron chi connectivity index (χ1n) is 5.94. The van der Waals surface area contributed by atoms with Gasteiger partial charge in [0.05, 0.1) is 5.41 Å². The van der Waals surface area contributed by atoms with E-state index in [1.54, 1.807) is 0 Å². The van der Waals surface area contributed by atoms with Gasteiger partial charge in [-0.05, 0) is 36.5 Å². The second-order valence-electron chi connectivity index (χ2n) is 6.33. The maximum absolute atomic E-state index is 11.6. The van der Waals surface area contributed by atoms with Gasteiger partial charge in [-0.1, -0.05) is 34.6 Å². The average molecular weight is 212 g/mol. The van der Waals surface area contributed by atoms with Crippen molar-refractivity contribution >= 4 is 5.97 Å². The zero-order valence-electron chi connectivity index (χ0n) is 10.6. The monoisotopic (exact) mass is 212 g/mol. The van der Waals surface area contributed by atoms with E-state index in [1.165, 1.54) is 0 Å². The van der Waals surface area contributed by atoms with Crippen LogP contribution in [0.4, 0.5) is 0 Å². The van der Waals surface area contributed by atoms with Gasteiger partial charge in [-0.2, -0.15) is 0 Å². The van der Waals surface area contributed by atoms with Crippen molar-refractivity contribution < 1.29 is 9.90 Å². The summed E-state index contributed by atoms with van der Waals surface area (Å²) in [6.45, 7) is 10.6. The van der Waals surface area contributed by atoms with Gasteiger partial charge in [-0.3, -0.25) is 4.79 Å². The van der Waals surface area contributed by atoms with Crippen molar-refractivity contribution in [3.63, 3.8) is 0 Å². The van der Waals surface area contributed by atoms with Crippen molar-refractivity contribution in [2.45, 2.75) is 53.9 Å². The summed E-state index contributed by atoms with van der Waals surface area (Å²) >= 11 is 0. The summed E-state index contributed by atoms with van der Waals surface area (Å²) in [7, 11) is 0. The highest BCUT2D eigenvalue weighted by Gasteiger charge is 2.51. The van der Waals surface area contributed by atoms with Gasteiger partial charge in [-0.15, -0.1) is 0 Å². The average Bonchev–Trinajstić information content (AvgIpc) is 2.07. The molecule has 1 aliphatic rings. The molecule has 0 radical (unpaired) electrons. The van der Waals surface area contributed by atoms with Crippen LogP contribution in [-0.2, 0) is 4.79 Å². The first-order valence-corrected chi connectivity index (χ1v) is 5.94. The molecule has 0 aromatic rings. The fraction of sp³-hybridized carbons (Fsp3) is 0.923. The van der Waals surface area contributed by atoms with Crippen molar-refractivity contribution in [1.29, 1.82) is 0 Å². The molecule has 1 fully saturated rings. The van der Waals surface area contributed by atoms with Gasteiger partial charge in [0, 0.05) is 0 Å². The summed E-state index contributed by atoms with van der Waals surface area (Å²) in [5, 5.41) is 9.53. The number of carboxylic acid groups (broad SMARTS) is 1. The van der Waals surface area contributed by atoms with Crippen molar-refractivity contribution in [1.82, 2.24) is 0 Å². The molecule has 2 nitrogen and oxygen atoms in total. The molecule has 1 saturated carbocycles. The normalized spacial score (nSPS) is 37.7. The van der Waals surface area contributed by atoms with Crippen LogP contribution in [0.15, 0.2) is 0 Å². The Morgan fingerprint density at radius 2 is 1.80 bits per heavy atom. The standard InChI is InChI=1S/C13H24O2/c1-9-6-7-13(11(14)15,8-10(9)2)12(3,4)5/h9-10H,6-8H2,1-5H3,(H,14,15)/t9?,10?,13-/m1/s1. The van der Waals surface area contributed by atoms with Gasteiger partial charge in [0.2, 0.25) is 0 Å². The second kappa shape index (κ2) is 3.80. The molecule has 0 amide bonds. The van der Waals surface area contributed by atoms with Crippen LogP contribution in [-0.4, -0.2) is 11.1 Å². The number of carboxylic acids is 1. The van der Waals surface area contributed by atoms with Crippen molar-refractivity contribution in [3.05, 3.63) is 0 Å². The molecule has 0 aliphatic heterocycles.